The van der Waals surface area contributed by atoms with E-state index in [0.717, 1.165) is 30.5 Å². The Kier molecular flexibility index (Phi) is 5.71. The Balaban J connectivity index is 1.73. The molecular weight excluding hydrogens is 324 g/mol. The van der Waals surface area contributed by atoms with Gasteiger partial charge >= 0.3 is 0 Å². The number of carbonyl (C=O) groups excluding carboxylic acids is 2. The molecule has 2 aromatic rings. The summed E-state index contributed by atoms with van der Waals surface area (Å²) in [6, 6.07) is 17.3. The molecule has 1 aliphatic rings. The Morgan fingerprint density at radius 1 is 1.00 bits per heavy atom. The first-order valence-electron chi connectivity index (χ1n) is 9.35. The summed E-state index contributed by atoms with van der Waals surface area (Å²) in [6.07, 6.45) is 2.86. The van der Waals surface area contributed by atoms with Crippen molar-refractivity contribution in [3.8, 4) is 0 Å². The van der Waals surface area contributed by atoms with Gasteiger partial charge in [0, 0.05) is 17.3 Å². The Hall–Kier alpha value is -2.62. The lowest BCUT2D eigenvalue weighted by atomic mass is 9.85. The van der Waals surface area contributed by atoms with Gasteiger partial charge in [0.1, 0.15) is 0 Å². The Labute approximate surface area is 155 Å². The number of hydrogen-bond donors (Lipinski definition) is 2. The van der Waals surface area contributed by atoms with E-state index in [1.54, 1.807) is 0 Å². The zero-order chi connectivity index (χ0) is 18.5. The van der Waals surface area contributed by atoms with Crippen LogP contribution in [-0.2, 0) is 9.59 Å². The standard InChI is InChI=1S/C22H26N2O2/c1-3-15(2)20(16-8-5-4-6-9-16)22(26)24-19-11-7-10-18(14-19)23-21(25)17-12-13-17/h4-11,14-15,17,20H,3,12-13H2,1-2H3,(H,23,25)(H,24,26). The number of benzene rings is 2. The van der Waals surface area contributed by atoms with Gasteiger partial charge in [-0.1, -0.05) is 56.7 Å². The Morgan fingerprint density at radius 3 is 2.27 bits per heavy atom. The molecule has 1 aliphatic carbocycles. The maximum absolute atomic E-state index is 13.0. The third kappa shape index (κ3) is 4.51. The van der Waals surface area contributed by atoms with Crippen LogP contribution in [0.3, 0.4) is 0 Å². The van der Waals surface area contributed by atoms with E-state index in [0.29, 0.717) is 5.69 Å². The number of carbonyl (C=O) groups is 2. The number of anilines is 2. The van der Waals surface area contributed by atoms with E-state index in [1.165, 1.54) is 0 Å². The predicted molar refractivity (Wildman–Crippen MR) is 105 cm³/mol. The summed E-state index contributed by atoms with van der Waals surface area (Å²) in [5, 5.41) is 5.95. The van der Waals surface area contributed by atoms with Gasteiger partial charge in [0.2, 0.25) is 11.8 Å². The number of amides is 2. The summed E-state index contributed by atoms with van der Waals surface area (Å²) in [5.41, 5.74) is 2.45. The second-order valence-corrected chi connectivity index (χ2v) is 7.11. The van der Waals surface area contributed by atoms with Gasteiger partial charge in [0.25, 0.3) is 0 Å². The normalized spacial score (nSPS) is 15.8. The van der Waals surface area contributed by atoms with Crippen molar-refractivity contribution in [2.45, 2.75) is 39.0 Å². The van der Waals surface area contributed by atoms with E-state index in [-0.39, 0.29) is 29.6 Å². The lowest BCUT2D eigenvalue weighted by molar-refractivity contribution is -0.119. The van der Waals surface area contributed by atoms with Gasteiger partial charge < -0.3 is 10.6 Å². The van der Waals surface area contributed by atoms with Crippen LogP contribution in [0.15, 0.2) is 54.6 Å². The minimum Gasteiger partial charge on any atom is -0.326 e. The number of hydrogen-bond acceptors (Lipinski definition) is 2. The molecule has 0 radical (unpaired) electrons. The highest BCUT2D eigenvalue weighted by atomic mass is 16.2. The molecule has 0 aromatic heterocycles. The van der Waals surface area contributed by atoms with Gasteiger partial charge in [0.15, 0.2) is 0 Å². The van der Waals surface area contributed by atoms with Crippen LogP contribution in [0.5, 0.6) is 0 Å². The van der Waals surface area contributed by atoms with E-state index < -0.39 is 0 Å². The molecule has 1 saturated carbocycles. The largest absolute Gasteiger partial charge is 0.326 e. The molecule has 2 amide bonds. The summed E-state index contributed by atoms with van der Waals surface area (Å²) in [5.74, 6) is 0.230. The van der Waals surface area contributed by atoms with E-state index in [1.807, 2.05) is 54.6 Å². The molecule has 0 saturated heterocycles. The summed E-state index contributed by atoms with van der Waals surface area (Å²) in [7, 11) is 0. The zero-order valence-electron chi connectivity index (χ0n) is 15.4. The minimum atomic E-state index is -0.203. The van der Waals surface area contributed by atoms with Crippen molar-refractivity contribution in [3.63, 3.8) is 0 Å². The lowest BCUT2D eigenvalue weighted by Crippen LogP contribution is -2.26. The third-order valence-corrected chi connectivity index (χ3v) is 5.00. The van der Waals surface area contributed by atoms with E-state index in [2.05, 4.69) is 24.5 Å². The first kappa shape index (κ1) is 18.2. The molecule has 0 spiro atoms. The van der Waals surface area contributed by atoms with E-state index in [4.69, 9.17) is 0 Å². The molecule has 4 heteroatoms. The highest BCUT2D eigenvalue weighted by Crippen LogP contribution is 2.31. The van der Waals surface area contributed by atoms with Gasteiger partial charge in [-0.05, 0) is 42.5 Å². The quantitative estimate of drug-likeness (QED) is 0.753. The SMILES string of the molecule is CCC(C)C(C(=O)Nc1cccc(NC(=O)C2CC2)c1)c1ccccc1. The van der Waals surface area contributed by atoms with Crippen molar-refractivity contribution in [2.75, 3.05) is 10.6 Å². The predicted octanol–water partition coefficient (Wildman–Crippen LogP) is 4.80. The molecule has 0 aliphatic heterocycles. The van der Waals surface area contributed by atoms with Crippen LogP contribution in [0.4, 0.5) is 11.4 Å². The first-order chi connectivity index (χ1) is 12.6. The minimum absolute atomic E-state index is 0.0174. The molecular formula is C22H26N2O2. The average molecular weight is 350 g/mol. The second-order valence-electron chi connectivity index (χ2n) is 7.11. The van der Waals surface area contributed by atoms with E-state index in [9.17, 15) is 9.59 Å². The molecule has 1 fully saturated rings. The van der Waals surface area contributed by atoms with Crippen molar-refractivity contribution >= 4 is 23.2 Å². The zero-order valence-corrected chi connectivity index (χ0v) is 15.4. The second kappa shape index (κ2) is 8.17. The van der Waals surface area contributed by atoms with Crippen molar-refractivity contribution in [3.05, 3.63) is 60.2 Å². The molecule has 2 N–H and O–H groups in total. The fourth-order valence-corrected chi connectivity index (χ4v) is 3.12. The fourth-order valence-electron chi connectivity index (χ4n) is 3.12. The van der Waals surface area contributed by atoms with Crippen LogP contribution >= 0.6 is 0 Å². The maximum atomic E-state index is 13.0. The Bertz CT molecular complexity index is 769. The van der Waals surface area contributed by atoms with Crippen LogP contribution in [0.25, 0.3) is 0 Å². The highest BCUT2D eigenvalue weighted by molar-refractivity contribution is 5.98. The molecule has 2 atom stereocenters. The van der Waals surface area contributed by atoms with Crippen LogP contribution in [0.1, 0.15) is 44.6 Å². The van der Waals surface area contributed by atoms with Crippen molar-refractivity contribution in [1.82, 2.24) is 0 Å². The molecule has 4 nitrogen and oxygen atoms in total. The van der Waals surface area contributed by atoms with Crippen LogP contribution < -0.4 is 10.6 Å². The van der Waals surface area contributed by atoms with Crippen LogP contribution in [0, 0.1) is 11.8 Å². The third-order valence-electron chi connectivity index (χ3n) is 5.00. The molecule has 0 bridgehead atoms. The van der Waals surface area contributed by atoms with Crippen molar-refractivity contribution in [2.24, 2.45) is 11.8 Å². The smallest absolute Gasteiger partial charge is 0.232 e. The summed E-state index contributed by atoms with van der Waals surface area (Å²) < 4.78 is 0. The average Bonchev–Trinajstić information content (AvgIpc) is 3.48. The first-order valence-corrected chi connectivity index (χ1v) is 9.35. The van der Waals surface area contributed by atoms with Crippen LogP contribution in [0.2, 0.25) is 0 Å². The fraction of sp³-hybridized carbons (Fsp3) is 0.364. The molecule has 0 heterocycles. The lowest BCUT2D eigenvalue weighted by Gasteiger charge is -2.23. The topological polar surface area (TPSA) is 58.2 Å². The maximum Gasteiger partial charge on any atom is 0.232 e. The molecule has 2 unspecified atom stereocenters. The van der Waals surface area contributed by atoms with Gasteiger partial charge in [0.05, 0.1) is 5.92 Å². The van der Waals surface area contributed by atoms with Gasteiger partial charge in [-0.3, -0.25) is 9.59 Å². The number of nitrogens with one attached hydrogen (secondary N) is 2. The van der Waals surface area contributed by atoms with Gasteiger partial charge in [-0.15, -0.1) is 0 Å². The summed E-state index contributed by atoms with van der Waals surface area (Å²) in [4.78, 5) is 24.9. The van der Waals surface area contributed by atoms with Gasteiger partial charge in [-0.2, -0.15) is 0 Å². The monoisotopic (exact) mass is 350 g/mol. The summed E-state index contributed by atoms with van der Waals surface area (Å²) in [6.45, 7) is 4.20. The molecule has 136 valence electrons. The van der Waals surface area contributed by atoms with E-state index >= 15 is 0 Å². The molecule has 3 rings (SSSR count). The Morgan fingerprint density at radius 2 is 1.65 bits per heavy atom. The molecule has 2 aromatic carbocycles. The van der Waals surface area contributed by atoms with Crippen molar-refractivity contribution < 1.29 is 9.59 Å². The summed E-state index contributed by atoms with van der Waals surface area (Å²) >= 11 is 0. The number of rotatable bonds is 7. The van der Waals surface area contributed by atoms with Gasteiger partial charge in [-0.25, -0.2) is 0 Å². The van der Waals surface area contributed by atoms with Crippen molar-refractivity contribution in [1.29, 1.82) is 0 Å². The van der Waals surface area contributed by atoms with Crippen LogP contribution in [-0.4, -0.2) is 11.8 Å². The highest BCUT2D eigenvalue weighted by Gasteiger charge is 2.29. The molecule has 26 heavy (non-hydrogen) atoms.